The van der Waals surface area contributed by atoms with E-state index in [2.05, 4.69) is 26.4 Å². The Morgan fingerprint density at radius 3 is 2.95 bits per heavy atom. The van der Waals surface area contributed by atoms with Crippen LogP contribution in [0.2, 0.25) is 0 Å². The normalized spacial score (nSPS) is 10.5. The average molecular weight is 356 g/mol. The molecule has 1 aromatic carbocycles. The zero-order valence-corrected chi connectivity index (χ0v) is 13.3. The third-order valence-corrected chi connectivity index (χ3v) is 4.04. The zero-order chi connectivity index (χ0) is 14.5. The lowest BCUT2D eigenvalue weighted by atomic mass is 10.3. The summed E-state index contributed by atoms with van der Waals surface area (Å²) < 4.78 is 5.82. The first-order valence-corrected chi connectivity index (χ1v) is 7.73. The van der Waals surface area contributed by atoms with Gasteiger partial charge in [0.25, 0.3) is 0 Å². The molecule has 0 radical (unpaired) electrons. The molecule has 0 atom stereocenters. The molecule has 0 saturated heterocycles. The van der Waals surface area contributed by atoms with Crippen LogP contribution in [-0.4, -0.2) is 16.8 Å². The van der Waals surface area contributed by atoms with Gasteiger partial charge in [0, 0.05) is 33.3 Å². The van der Waals surface area contributed by atoms with Gasteiger partial charge in [0.1, 0.15) is 5.76 Å². The number of thioether (sulfide) groups is 1. The highest BCUT2D eigenvalue weighted by Gasteiger charge is 2.07. The van der Waals surface area contributed by atoms with E-state index < -0.39 is 0 Å². The van der Waals surface area contributed by atoms with Gasteiger partial charge in [0.15, 0.2) is 5.82 Å². The van der Waals surface area contributed by atoms with Crippen LogP contribution in [0.5, 0.6) is 0 Å². The summed E-state index contributed by atoms with van der Waals surface area (Å²) in [5, 5.41) is 6.38. The fraction of sp³-hybridized carbons (Fsp3) is 0.231. The first kappa shape index (κ1) is 14.9. The molecule has 0 aliphatic carbocycles. The smallest absolute Gasteiger partial charge is 0.226 e. The van der Waals surface area contributed by atoms with E-state index in [1.807, 2.05) is 18.2 Å². The molecule has 0 fully saturated rings. The number of aromatic nitrogens is 1. The minimum atomic E-state index is -0.0958. The standard InChI is InChI=1S/C13H14BrN3O2S/c1-8-6-12(17-19-8)16-13(18)4-5-20-11-3-2-9(14)7-10(11)15/h2-3,6-7H,4-5,15H2,1H3,(H,16,17,18). The van der Waals surface area contributed by atoms with Gasteiger partial charge in [0.2, 0.25) is 5.91 Å². The molecule has 1 amide bonds. The van der Waals surface area contributed by atoms with Crippen molar-refractivity contribution in [1.82, 2.24) is 5.16 Å². The van der Waals surface area contributed by atoms with Crippen molar-refractivity contribution in [1.29, 1.82) is 0 Å². The molecular weight excluding hydrogens is 342 g/mol. The zero-order valence-electron chi connectivity index (χ0n) is 10.9. The number of carbonyl (C=O) groups is 1. The second-order valence-corrected chi connectivity index (χ2v) is 6.20. The Bertz CT molecular complexity index is 615. The number of aryl methyl sites for hydroxylation is 1. The van der Waals surface area contributed by atoms with Crippen LogP contribution in [0, 0.1) is 6.92 Å². The summed E-state index contributed by atoms with van der Waals surface area (Å²) in [4.78, 5) is 12.7. The van der Waals surface area contributed by atoms with Gasteiger partial charge in [-0.25, -0.2) is 0 Å². The quantitative estimate of drug-likeness (QED) is 0.634. The van der Waals surface area contributed by atoms with Gasteiger partial charge in [-0.1, -0.05) is 21.1 Å². The van der Waals surface area contributed by atoms with Crippen LogP contribution >= 0.6 is 27.7 Å². The lowest BCUT2D eigenvalue weighted by molar-refractivity contribution is -0.115. The van der Waals surface area contributed by atoms with E-state index >= 15 is 0 Å². The molecular formula is C13H14BrN3O2S. The molecule has 106 valence electrons. The minimum absolute atomic E-state index is 0.0958. The Balaban J connectivity index is 1.79. The maximum atomic E-state index is 11.7. The van der Waals surface area contributed by atoms with E-state index in [0.717, 1.165) is 9.37 Å². The molecule has 2 rings (SSSR count). The number of nitrogens with two attached hydrogens (primary N) is 1. The monoisotopic (exact) mass is 355 g/mol. The van der Waals surface area contributed by atoms with Crippen molar-refractivity contribution in [3.05, 3.63) is 34.5 Å². The lowest BCUT2D eigenvalue weighted by Crippen LogP contribution is -2.12. The van der Waals surface area contributed by atoms with E-state index in [1.54, 1.807) is 24.8 Å². The van der Waals surface area contributed by atoms with Crippen molar-refractivity contribution < 1.29 is 9.32 Å². The van der Waals surface area contributed by atoms with Gasteiger partial charge in [0.05, 0.1) is 0 Å². The number of anilines is 2. The Morgan fingerprint density at radius 2 is 2.30 bits per heavy atom. The molecule has 0 spiro atoms. The van der Waals surface area contributed by atoms with Gasteiger partial charge in [-0.3, -0.25) is 4.79 Å². The summed E-state index contributed by atoms with van der Waals surface area (Å²) in [5.41, 5.74) is 6.60. The summed E-state index contributed by atoms with van der Waals surface area (Å²) >= 11 is 4.91. The fourth-order valence-corrected chi connectivity index (χ4v) is 2.81. The van der Waals surface area contributed by atoms with E-state index in [-0.39, 0.29) is 5.91 Å². The molecule has 2 aromatic rings. The molecule has 20 heavy (non-hydrogen) atoms. The third-order valence-electron chi connectivity index (χ3n) is 2.45. The average Bonchev–Trinajstić information content (AvgIpc) is 2.77. The summed E-state index contributed by atoms with van der Waals surface area (Å²) in [6, 6.07) is 7.39. The van der Waals surface area contributed by atoms with Gasteiger partial charge < -0.3 is 15.6 Å². The highest BCUT2D eigenvalue weighted by Crippen LogP contribution is 2.28. The van der Waals surface area contributed by atoms with Crippen molar-refractivity contribution >= 4 is 45.1 Å². The van der Waals surface area contributed by atoms with Crippen LogP contribution in [0.15, 0.2) is 38.2 Å². The van der Waals surface area contributed by atoms with Crippen LogP contribution in [0.4, 0.5) is 11.5 Å². The third kappa shape index (κ3) is 4.28. The van der Waals surface area contributed by atoms with Crippen molar-refractivity contribution in [2.24, 2.45) is 0 Å². The van der Waals surface area contributed by atoms with Crippen molar-refractivity contribution in [2.45, 2.75) is 18.2 Å². The number of nitrogens with zero attached hydrogens (tertiary/aromatic N) is 1. The number of hydrogen-bond donors (Lipinski definition) is 2. The number of nitrogens with one attached hydrogen (secondary N) is 1. The van der Waals surface area contributed by atoms with E-state index in [0.29, 0.717) is 29.4 Å². The minimum Gasteiger partial charge on any atom is -0.398 e. The van der Waals surface area contributed by atoms with Crippen LogP contribution in [-0.2, 0) is 4.79 Å². The highest BCUT2D eigenvalue weighted by molar-refractivity contribution is 9.10. The molecule has 3 N–H and O–H groups in total. The largest absolute Gasteiger partial charge is 0.398 e. The second kappa shape index (κ2) is 6.81. The van der Waals surface area contributed by atoms with Crippen LogP contribution in [0.3, 0.4) is 0 Å². The van der Waals surface area contributed by atoms with Gasteiger partial charge in [-0.05, 0) is 25.1 Å². The molecule has 0 aliphatic heterocycles. The number of halogens is 1. The highest BCUT2D eigenvalue weighted by atomic mass is 79.9. The Labute approximate surface area is 129 Å². The predicted octanol–water partition coefficient (Wildman–Crippen LogP) is 3.45. The molecule has 5 nitrogen and oxygen atoms in total. The SMILES string of the molecule is Cc1cc(NC(=O)CCSc2ccc(Br)cc2N)no1. The first-order valence-electron chi connectivity index (χ1n) is 5.95. The molecule has 1 heterocycles. The summed E-state index contributed by atoms with van der Waals surface area (Å²) in [5.74, 6) is 1.66. The number of nitrogen functional groups attached to an aromatic ring is 1. The van der Waals surface area contributed by atoms with Crippen LogP contribution in [0.25, 0.3) is 0 Å². The van der Waals surface area contributed by atoms with Gasteiger partial charge >= 0.3 is 0 Å². The predicted molar refractivity (Wildman–Crippen MR) is 83.8 cm³/mol. The van der Waals surface area contributed by atoms with E-state index in [9.17, 15) is 4.79 Å². The summed E-state index contributed by atoms with van der Waals surface area (Å²) in [7, 11) is 0. The number of amides is 1. The maximum Gasteiger partial charge on any atom is 0.226 e. The molecule has 0 aliphatic rings. The van der Waals surface area contributed by atoms with E-state index in [4.69, 9.17) is 10.3 Å². The molecule has 1 aromatic heterocycles. The van der Waals surface area contributed by atoms with Crippen molar-refractivity contribution in [3.8, 4) is 0 Å². The fourth-order valence-electron chi connectivity index (χ4n) is 1.54. The topological polar surface area (TPSA) is 81.2 Å². The summed E-state index contributed by atoms with van der Waals surface area (Å²) in [6.45, 7) is 1.77. The first-order chi connectivity index (χ1) is 9.54. The van der Waals surface area contributed by atoms with Crippen molar-refractivity contribution in [3.63, 3.8) is 0 Å². The second-order valence-electron chi connectivity index (χ2n) is 4.15. The van der Waals surface area contributed by atoms with Gasteiger partial charge in [-0.15, -0.1) is 11.8 Å². The number of carbonyl (C=O) groups excluding carboxylic acids is 1. The van der Waals surface area contributed by atoms with Gasteiger partial charge in [-0.2, -0.15) is 0 Å². The van der Waals surface area contributed by atoms with Crippen LogP contribution < -0.4 is 11.1 Å². The molecule has 0 saturated carbocycles. The summed E-state index contributed by atoms with van der Waals surface area (Å²) in [6.07, 6.45) is 0.381. The Kier molecular flexibility index (Phi) is 5.08. The van der Waals surface area contributed by atoms with Crippen LogP contribution in [0.1, 0.15) is 12.2 Å². The lowest BCUT2D eigenvalue weighted by Gasteiger charge is -2.05. The Morgan fingerprint density at radius 1 is 1.50 bits per heavy atom. The van der Waals surface area contributed by atoms with Crippen molar-refractivity contribution in [2.75, 3.05) is 16.8 Å². The number of hydrogen-bond acceptors (Lipinski definition) is 5. The Hall–Kier alpha value is -1.47. The molecule has 7 heteroatoms. The molecule has 0 bridgehead atoms. The number of benzene rings is 1. The molecule has 0 unspecified atom stereocenters. The maximum absolute atomic E-state index is 11.7. The van der Waals surface area contributed by atoms with E-state index in [1.165, 1.54) is 0 Å². The number of rotatable bonds is 5.